The molecule has 2 atom stereocenters. The zero-order valence-electron chi connectivity index (χ0n) is 20.4. The standard InChI is InChI=1S/C20H38O8S.3Na/c1-2-3-4-5-6-7-8-9-10-11-12-13-14-15-16-28-17(19(21)22)18(20(23)24)29(25,26)27;;;/h17-18H,2-16H2,1H3,(H,21,22)(H,23,24)(H,25,26,27);;;/q;3*+1/p-3. The van der Waals surface area contributed by atoms with Crippen molar-refractivity contribution >= 4 is 22.1 Å². The number of aliphatic carboxylic acids is 2. The molecule has 0 aromatic carbocycles. The minimum atomic E-state index is -5.44. The first-order chi connectivity index (χ1) is 13.7. The van der Waals surface area contributed by atoms with Crippen molar-refractivity contribution in [1.82, 2.24) is 0 Å². The predicted molar refractivity (Wildman–Crippen MR) is 104 cm³/mol. The largest absolute Gasteiger partial charge is 1.00 e. The molecule has 0 spiro atoms. The zero-order valence-corrected chi connectivity index (χ0v) is 27.3. The maximum atomic E-state index is 10.9. The second kappa shape index (κ2) is 25.9. The fourth-order valence-electron chi connectivity index (χ4n) is 3.18. The van der Waals surface area contributed by atoms with Crippen LogP contribution in [0.5, 0.6) is 0 Å². The van der Waals surface area contributed by atoms with Crippen LogP contribution in [0, 0.1) is 0 Å². The smallest absolute Gasteiger partial charge is 0.747 e. The summed E-state index contributed by atoms with van der Waals surface area (Å²) < 4.78 is 37.6. The number of carboxylic acid groups (broad SMARTS) is 2. The summed E-state index contributed by atoms with van der Waals surface area (Å²) in [5.41, 5.74) is 0. The summed E-state index contributed by atoms with van der Waals surface area (Å²) in [5, 5.41) is 18.9. The van der Waals surface area contributed by atoms with Crippen LogP contribution in [0.25, 0.3) is 0 Å². The molecule has 12 heteroatoms. The van der Waals surface area contributed by atoms with E-state index in [9.17, 15) is 32.8 Å². The second-order valence-electron chi connectivity index (χ2n) is 7.44. The SMILES string of the molecule is CCCCCCCCCCCCCCCCOC(C(=O)[O-])C(C(=O)[O-])S(=O)(=O)[O-].[Na+].[Na+].[Na+]. The Kier molecular flexibility index (Phi) is 33.1. The van der Waals surface area contributed by atoms with Crippen molar-refractivity contribution in [3.63, 3.8) is 0 Å². The molecule has 0 aliphatic heterocycles. The summed E-state index contributed by atoms with van der Waals surface area (Å²) in [7, 11) is -5.44. The molecule has 0 saturated carbocycles. The first-order valence-electron chi connectivity index (χ1n) is 10.7. The van der Waals surface area contributed by atoms with Gasteiger partial charge in [-0.1, -0.05) is 90.4 Å². The van der Waals surface area contributed by atoms with Crippen LogP contribution in [-0.2, 0) is 24.4 Å². The summed E-state index contributed by atoms with van der Waals surface area (Å²) in [6.45, 7) is 2.04. The Morgan fingerprint density at radius 3 is 1.31 bits per heavy atom. The fourth-order valence-corrected chi connectivity index (χ4v) is 3.91. The molecule has 0 N–H and O–H groups in total. The molecule has 8 nitrogen and oxygen atoms in total. The Morgan fingerprint density at radius 1 is 0.688 bits per heavy atom. The van der Waals surface area contributed by atoms with Gasteiger partial charge in [-0.15, -0.1) is 0 Å². The predicted octanol–water partition coefficient (Wildman–Crippen LogP) is -7.72. The van der Waals surface area contributed by atoms with Crippen molar-refractivity contribution in [1.29, 1.82) is 0 Å². The van der Waals surface area contributed by atoms with E-state index in [1.54, 1.807) is 0 Å². The van der Waals surface area contributed by atoms with Gasteiger partial charge in [-0.25, -0.2) is 8.42 Å². The Labute approximate surface area is 260 Å². The van der Waals surface area contributed by atoms with Crippen LogP contribution in [0.1, 0.15) is 96.8 Å². The number of ether oxygens (including phenoxy) is 1. The number of carbonyl (C=O) groups excluding carboxylic acids is 2. The van der Waals surface area contributed by atoms with Crippen molar-refractivity contribution in [2.24, 2.45) is 0 Å². The minimum Gasteiger partial charge on any atom is -0.747 e. The second-order valence-corrected chi connectivity index (χ2v) is 8.93. The van der Waals surface area contributed by atoms with Gasteiger partial charge < -0.3 is 29.1 Å². The molecular formula is C20H35Na3O8S. The first kappa shape index (κ1) is 41.0. The molecule has 0 aromatic rings. The van der Waals surface area contributed by atoms with Gasteiger partial charge in [-0.05, 0) is 6.42 Å². The van der Waals surface area contributed by atoms with E-state index >= 15 is 0 Å². The fraction of sp³-hybridized carbons (Fsp3) is 0.900. The number of carboxylic acids is 2. The van der Waals surface area contributed by atoms with Crippen molar-refractivity contribution in [3.05, 3.63) is 0 Å². The molecule has 0 rings (SSSR count). The van der Waals surface area contributed by atoms with E-state index in [1.165, 1.54) is 57.8 Å². The Balaban J connectivity index is -0.00000131. The number of unbranched alkanes of at least 4 members (excludes halogenated alkanes) is 13. The van der Waals surface area contributed by atoms with E-state index < -0.39 is 33.4 Å². The third-order valence-electron chi connectivity index (χ3n) is 4.85. The normalized spacial score (nSPS) is 12.6. The molecule has 0 aromatic heterocycles. The number of hydrogen-bond donors (Lipinski definition) is 0. The summed E-state index contributed by atoms with van der Waals surface area (Å²) in [5.74, 6) is -4.38. The molecule has 0 amide bonds. The third-order valence-corrected chi connectivity index (χ3v) is 5.91. The summed E-state index contributed by atoms with van der Waals surface area (Å²) >= 11 is 0. The molecule has 0 saturated heterocycles. The average molecular weight is 505 g/mol. The summed E-state index contributed by atoms with van der Waals surface area (Å²) in [6.07, 6.45) is 13.5. The molecule has 2 unspecified atom stereocenters. The molecule has 0 aliphatic carbocycles. The molecule has 172 valence electrons. The molecule has 32 heavy (non-hydrogen) atoms. The van der Waals surface area contributed by atoms with Crippen LogP contribution >= 0.6 is 0 Å². The van der Waals surface area contributed by atoms with Crippen LogP contribution < -0.4 is 98.9 Å². The van der Waals surface area contributed by atoms with Crippen molar-refractivity contribution in [3.8, 4) is 0 Å². The minimum absolute atomic E-state index is 0. The number of carbonyl (C=O) groups is 2. The van der Waals surface area contributed by atoms with Gasteiger partial charge in [0.2, 0.25) is 0 Å². The summed E-state index contributed by atoms with van der Waals surface area (Å²) in [4.78, 5) is 21.7. The number of hydrogen-bond acceptors (Lipinski definition) is 8. The Bertz CT molecular complexity index is 561. The molecule has 0 aliphatic rings. The van der Waals surface area contributed by atoms with Crippen LogP contribution in [-0.4, -0.2) is 42.9 Å². The van der Waals surface area contributed by atoms with E-state index in [1.807, 2.05) is 0 Å². The van der Waals surface area contributed by atoms with Gasteiger partial charge in [0, 0.05) is 6.61 Å². The zero-order chi connectivity index (χ0) is 22.1. The molecule has 0 radical (unpaired) electrons. The van der Waals surface area contributed by atoms with Crippen LogP contribution in [0.2, 0.25) is 0 Å². The molecule has 0 heterocycles. The van der Waals surface area contributed by atoms with Gasteiger partial charge in [0.05, 0.1) is 11.9 Å². The van der Waals surface area contributed by atoms with Crippen LogP contribution in [0.3, 0.4) is 0 Å². The van der Waals surface area contributed by atoms with E-state index in [0.717, 1.165) is 25.7 Å². The van der Waals surface area contributed by atoms with Gasteiger partial charge >= 0.3 is 88.7 Å². The van der Waals surface area contributed by atoms with E-state index in [-0.39, 0.29) is 95.3 Å². The van der Waals surface area contributed by atoms with Crippen molar-refractivity contribution < 1.29 is 126 Å². The third kappa shape index (κ3) is 22.3. The van der Waals surface area contributed by atoms with E-state index in [0.29, 0.717) is 6.42 Å². The Hall–Kier alpha value is 1.81. The quantitative estimate of drug-likeness (QED) is 0.0903. The topological polar surface area (TPSA) is 147 Å². The number of rotatable bonds is 20. The van der Waals surface area contributed by atoms with Gasteiger partial charge in [-0.3, -0.25) is 0 Å². The van der Waals surface area contributed by atoms with Gasteiger partial charge in [0.1, 0.15) is 21.5 Å². The van der Waals surface area contributed by atoms with Crippen LogP contribution in [0.4, 0.5) is 0 Å². The maximum Gasteiger partial charge on any atom is 1.00 e. The first-order valence-corrected chi connectivity index (χ1v) is 12.2. The monoisotopic (exact) mass is 504 g/mol. The van der Waals surface area contributed by atoms with Gasteiger partial charge in [0.15, 0.2) is 0 Å². The maximum absolute atomic E-state index is 10.9. The summed E-state index contributed by atoms with van der Waals surface area (Å²) in [6, 6.07) is 0. The van der Waals surface area contributed by atoms with Crippen LogP contribution in [0.15, 0.2) is 0 Å². The molecular weight excluding hydrogens is 469 g/mol. The van der Waals surface area contributed by atoms with Crippen molar-refractivity contribution in [2.75, 3.05) is 6.61 Å². The van der Waals surface area contributed by atoms with E-state index in [2.05, 4.69) is 6.92 Å². The molecule has 0 fully saturated rings. The van der Waals surface area contributed by atoms with Gasteiger partial charge in [-0.2, -0.15) is 0 Å². The van der Waals surface area contributed by atoms with Gasteiger partial charge in [0.25, 0.3) is 0 Å². The van der Waals surface area contributed by atoms with Crippen molar-refractivity contribution in [2.45, 2.75) is 108 Å². The Morgan fingerprint density at radius 2 is 1.03 bits per heavy atom. The van der Waals surface area contributed by atoms with E-state index in [4.69, 9.17) is 4.74 Å². The average Bonchev–Trinajstić information content (AvgIpc) is 2.62. The molecule has 0 bridgehead atoms.